The second-order valence-electron chi connectivity index (χ2n) is 12.6. The van der Waals surface area contributed by atoms with Gasteiger partial charge in [-0.2, -0.15) is 22.4 Å². The van der Waals surface area contributed by atoms with Gasteiger partial charge < -0.3 is 10.5 Å². The van der Waals surface area contributed by atoms with E-state index in [1.807, 2.05) is 0 Å². The number of hydrogen-bond donors (Lipinski definition) is 1. The molecule has 0 radical (unpaired) electrons. The highest BCUT2D eigenvalue weighted by Gasteiger charge is 2.69. The fourth-order valence-electron chi connectivity index (χ4n) is 6.84. The van der Waals surface area contributed by atoms with Gasteiger partial charge in [-0.3, -0.25) is 4.90 Å². The summed E-state index contributed by atoms with van der Waals surface area (Å²) in [4.78, 5) is 1.57. The van der Waals surface area contributed by atoms with E-state index in [1.165, 1.54) is 33.9 Å². The minimum absolute atomic E-state index is 0.0282. The Bertz CT molecular complexity index is 1480. The fraction of sp³-hybridized carbons (Fsp3) is 0.679. The number of fused-ring (bicyclic) bond motifs is 1. The summed E-state index contributed by atoms with van der Waals surface area (Å²) >= 11 is 0. The Balaban J connectivity index is 1.53. The van der Waals surface area contributed by atoms with Gasteiger partial charge in [0.25, 0.3) is 10.0 Å². The molecule has 13 heteroatoms. The highest BCUT2D eigenvalue weighted by Crippen LogP contribution is 2.56. The van der Waals surface area contributed by atoms with Crippen molar-refractivity contribution in [3.63, 3.8) is 0 Å². The third-order valence-electron chi connectivity index (χ3n) is 10.1. The van der Waals surface area contributed by atoms with Crippen LogP contribution in [0.15, 0.2) is 12.3 Å². The lowest BCUT2D eigenvalue weighted by Crippen LogP contribution is -2.74. The van der Waals surface area contributed by atoms with Crippen LogP contribution in [0, 0.1) is 25.5 Å². The molecule has 1 aromatic carbocycles. The molecule has 7 nitrogen and oxygen atoms in total. The predicted octanol–water partition coefficient (Wildman–Crippen LogP) is 5.52. The summed E-state index contributed by atoms with van der Waals surface area (Å²) < 4.78 is 108. The largest absolute Gasteiger partial charge is 0.418 e. The van der Waals surface area contributed by atoms with Crippen LogP contribution >= 0.6 is 0 Å². The van der Waals surface area contributed by atoms with Gasteiger partial charge >= 0.3 is 6.18 Å². The molecule has 0 amide bonds. The number of halogens is 5. The van der Waals surface area contributed by atoms with Gasteiger partial charge in [0.15, 0.2) is 5.60 Å². The van der Waals surface area contributed by atoms with Crippen LogP contribution in [0.5, 0.6) is 0 Å². The topological polar surface area (TPSA) is 90.5 Å². The van der Waals surface area contributed by atoms with Crippen LogP contribution in [0.1, 0.15) is 93.8 Å². The Kier molecular flexibility index (Phi) is 7.00. The zero-order valence-electron chi connectivity index (χ0n) is 24.1. The van der Waals surface area contributed by atoms with Crippen molar-refractivity contribution in [2.75, 3.05) is 0 Å². The van der Waals surface area contributed by atoms with Crippen LogP contribution in [0.4, 0.5) is 22.0 Å². The molecule has 5 atom stereocenters. The van der Waals surface area contributed by atoms with E-state index in [-0.39, 0.29) is 29.7 Å². The highest BCUT2D eigenvalue weighted by atomic mass is 32.2. The first-order chi connectivity index (χ1) is 18.8. The Labute approximate surface area is 237 Å². The first-order valence-corrected chi connectivity index (χ1v) is 15.4. The first kappa shape index (κ1) is 30.4. The average molecular weight is 605 g/mol. The smallest absolute Gasteiger partial charge is 0.351 e. The van der Waals surface area contributed by atoms with Gasteiger partial charge in [-0.15, -0.1) is 0 Å². The maximum absolute atomic E-state index is 15.6. The molecule has 228 valence electrons. The summed E-state index contributed by atoms with van der Waals surface area (Å²) in [5.41, 5.74) is 0.781. The van der Waals surface area contributed by atoms with E-state index in [1.54, 1.807) is 11.8 Å². The number of hydrogen-bond acceptors (Lipinski definition) is 6. The molecule has 2 N–H and O–H groups in total. The van der Waals surface area contributed by atoms with E-state index in [0.29, 0.717) is 24.1 Å². The van der Waals surface area contributed by atoms with Crippen LogP contribution in [0.3, 0.4) is 0 Å². The number of nitrogens with two attached hydrogens (primary N) is 1. The third-order valence-corrected chi connectivity index (χ3v) is 12.1. The molecule has 2 aliphatic heterocycles. The summed E-state index contributed by atoms with van der Waals surface area (Å²) in [6.07, 6.45) is -1.04. The van der Waals surface area contributed by atoms with Crippen molar-refractivity contribution in [1.82, 2.24) is 14.1 Å². The zero-order valence-corrected chi connectivity index (χ0v) is 24.9. The minimum atomic E-state index is -4.92. The summed E-state index contributed by atoms with van der Waals surface area (Å²) in [5, 5.41) is 3.78. The molecule has 3 aliphatic rings. The van der Waals surface area contributed by atoms with Gasteiger partial charge in [-0.25, -0.2) is 17.2 Å². The average Bonchev–Trinajstić information content (AvgIpc) is 3.61. The molecule has 2 fully saturated rings. The highest BCUT2D eigenvalue weighted by molar-refractivity contribution is 7.90. The van der Waals surface area contributed by atoms with Gasteiger partial charge in [0.1, 0.15) is 17.2 Å². The molecule has 41 heavy (non-hydrogen) atoms. The molecule has 5 rings (SSSR count). The number of benzene rings is 1. The van der Waals surface area contributed by atoms with Gasteiger partial charge in [-0.1, -0.05) is 12.8 Å². The predicted molar refractivity (Wildman–Crippen MR) is 142 cm³/mol. The SMILES string of the molecule is Cc1c(F)cc([C@@]2(C)O[C@](C)(C(F)(F)F)[C@H](N3Cc4nn(S(=O)(=O)C5CCCC5)cc4C3C)C[C@]2(C)N)c(F)c1C. The summed E-state index contributed by atoms with van der Waals surface area (Å²) in [5.74, 6) is -1.63. The molecule has 1 saturated heterocycles. The van der Waals surface area contributed by atoms with E-state index >= 15 is 4.39 Å². The summed E-state index contributed by atoms with van der Waals surface area (Å²) in [6.45, 7) is 8.06. The van der Waals surface area contributed by atoms with E-state index in [4.69, 9.17) is 10.5 Å². The molecule has 1 unspecified atom stereocenters. The number of aromatic nitrogens is 2. The third kappa shape index (κ3) is 4.36. The first-order valence-electron chi connectivity index (χ1n) is 13.9. The number of rotatable bonds is 4. The van der Waals surface area contributed by atoms with Gasteiger partial charge in [0.2, 0.25) is 0 Å². The lowest BCUT2D eigenvalue weighted by atomic mass is 9.67. The van der Waals surface area contributed by atoms with Crippen LogP contribution in [-0.4, -0.2) is 51.1 Å². The monoisotopic (exact) mass is 604 g/mol. The van der Waals surface area contributed by atoms with Crippen LogP contribution in [0.2, 0.25) is 0 Å². The van der Waals surface area contributed by atoms with Crippen LogP contribution in [0.25, 0.3) is 0 Å². The summed E-state index contributed by atoms with van der Waals surface area (Å²) in [7, 11) is -3.71. The molecule has 0 bridgehead atoms. The van der Waals surface area contributed by atoms with Gasteiger partial charge in [0.05, 0.1) is 17.0 Å². The Morgan fingerprint density at radius 2 is 1.71 bits per heavy atom. The van der Waals surface area contributed by atoms with Crippen molar-refractivity contribution in [1.29, 1.82) is 0 Å². The molecule has 0 spiro atoms. The molecule has 3 heterocycles. The van der Waals surface area contributed by atoms with Crippen molar-refractivity contribution in [3.05, 3.63) is 51.8 Å². The van der Waals surface area contributed by atoms with Crippen LogP contribution < -0.4 is 5.73 Å². The van der Waals surface area contributed by atoms with Crippen molar-refractivity contribution >= 4 is 10.0 Å². The molecule has 1 saturated carbocycles. The standard InChI is InChI=1S/C28H37F5N4O3S/c1-15-16(2)24(30)20(11-21(15)29)26(5)25(4,34)12-23(27(6,40-26)28(31,32)33)36-14-22-19(17(36)3)13-37(35-22)41(38,39)18-9-7-8-10-18/h11,13,17-18,23H,7-10,12,14,34H2,1-6H3/t17?,23-,25+,26-,27+/m1/s1. The molecular weight excluding hydrogens is 567 g/mol. The zero-order chi connectivity index (χ0) is 30.5. The Morgan fingerprint density at radius 3 is 2.27 bits per heavy atom. The minimum Gasteiger partial charge on any atom is -0.351 e. The van der Waals surface area contributed by atoms with Crippen molar-refractivity contribution in [3.8, 4) is 0 Å². The molecule has 2 aromatic rings. The van der Waals surface area contributed by atoms with E-state index in [0.717, 1.165) is 29.9 Å². The number of nitrogens with zero attached hydrogens (tertiary/aromatic N) is 3. The lowest BCUT2D eigenvalue weighted by molar-refractivity contribution is -0.354. The van der Waals surface area contributed by atoms with Crippen LogP contribution in [-0.2, 0) is 26.9 Å². The Hall–Kier alpha value is -2.09. The van der Waals surface area contributed by atoms with Gasteiger partial charge in [-0.05, 0) is 78.0 Å². The Morgan fingerprint density at radius 1 is 1.10 bits per heavy atom. The maximum atomic E-state index is 15.6. The van der Waals surface area contributed by atoms with Crippen molar-refractivity contribution in [2.45, 2.75) is 120 Å². The second-order valence-corrected chi connectivity index (χ2v) is 14.6. The van der Waals surface area contributed by atoms with E-state index < -0.39 is 61.9 Å². The van der Waals surface area contributed by atoms with E-state index in [2.05, 4.69) is 5.10 Å². The van der Waals surface area contributed by atoms with Crippen molar-refractivity contribution < 1.29 is 35.1 Å². The number of ether oxygens (including phenoxy) is 1. The van der Waals surface area contributed by atoms with E-state index in [9.17, 15) is 26.0 Å². The maximum Gasteiger partial charge on any atom is 0.418 e. The summed E-state index contributed by atoms with van der Waals surface area (Å²) in [6, 6.07) is -1.10. The lowest BCUT2D eigenvalue weighted by Gasteiger charge is -2.59. The van der Waals surface area contributed by atoms with Crippen molar-refractivity contribution in [2.24, 2.45) is 5.73 Å². The molecule has 1 aliphatic carbocycles. The second kappa shape index (κ2) is 9.45. The fourth-order valence-corrected chi connectivity index (χ4v) is 8.55. The molecular formula is C28H37F5N4O3S. The number of alkyl halides is 3. The van der Waals surface area contributed by atoms with Gasteiger partial charge in [0, 0.05) is 35.4 Å². The molecule has 1 aromatic heterocycles. The normalized spacial score (nSPS) is 33.5. The quantitative estimate of drug-likeness (QED) is 0.463.